The minimum atomic E-state index is -1.02. The third kappa shape index (κ3) is 3.36. The Hall–Kier alpha value is -2.57. The molecule has 7 heteroatoms. The number of hydrogen-bond acceptors (Lipinski definition) is 4. The number of ether oxygens (including phenoxy) is 1. The number of aliphatic carboxylic acids is 1. The maximum atomic E-state index is 12.0. The highest BCUT2D eigenvalue weighted by Gasteiger charge is 2.30. The number of nitrogens with one attached hydrogen (secondary N) is 1. The number of likely N-dealkylation sites (N-methyl/N-ethyl adjacent to an activating group) is 1. The topological polar surface area (TPSA) is 95.9 Å². The molecule has 2 rings (SSSR count). The van der Waals surface area contributed by atoms with Gasteiger partial charge in [-0.25, -0.2) is 0 Å². The predicted octanol–water partition coefficient (Wildman–Crippen LogP) is 1.62. The standard InChI is InChI=1S/C15H18N2O5/c1-3-17-11-5-4-10(16-13(18)6-7-14(19)20)8-12(11)22-9(2)15(17)21/h4-5,8-9H,3,6-7H2,1-2H3,(H,16,18)(H,19,20). The largest absolute Gasteiger partial charge is 0.481 e. The first kappa shape index (κ1) is 15.8. The molecule has 1 unspecified atom stereocenters. The summed E-state index contributed by atoms with van der Waals surface area (Å²) >= 11 is 0. The number of carbonyl (C=O) groups is 3. The highest BCUT2D eigenvalue weighted by atomic mass is 16.5. The summed E-state index contributed by atoms with van der Waals surface area (Å²) in [7, 11) is 0. The number of anilines is 2. The molecule has 1 aromatic carbocycles. The maximum Gasteiger partial charge on any atom is 0.303 e. The lowest BCUT2D eigenvalue weighted by molar-refractivity contribution is -0.138. The normalized spacial score (nSPS) is 16.7. The van der Waals surface area contributed by atoms with E-state index in [1.807, 2.05) is 6.92 Å². The van der Waals surface area contributed by atoms with Gasteiger partial charge < -0.3 is 20.1 Å². The van der Waals surface area contributed by atoms with Gasteiger partial charge in [0.1, 0.15) is 5.75 Å². The van der Waals surface area contributed by atoms with Crippen molar-refractivity contribution < 1.29 is 24.2 Å². The van der Waals surface area contributed by atoms with Crippen molar-refractivity contribution in [1.29, 1.82) is 0 Å². The summed E-state index contributed by atoms with van der Waals surface area (Å²) in [6.45, 7) is 4.08. The zero-order chi connectivity index (χ0) is 16.3. The highest BCUT2D eigenvalue weighted by molar-refractivity contribution is 6.00. The van der Waals surface area contributed by atoms with Gasteiger partial charge in [-0.3, -0.25) is 14.4 Å². The molecule has 1 heterocycles. The molecule has 118 valence electrons. The van der Waals surface area contributed by atoms with E-state index in [1.54, 1.807) is 30.0 Å². The first-order valence-electron chi connectivity index (χ1n) is 7.06. The average molecular weight is 306 g/mol. The molecule has 0 saturated carbocycles. The van der Waals surface area contributed by atoms with Crippen molar-refractivity contribution in [2.24, 2.45) is 0 Å². The van der Waals surface area contributed by atoms with Crippen molar-refractivity contribution in [2.45, 2.75) is 32.8 Å². The Balaban J connectivity index is 2.14. The minimum absolute atomic E-state index is 0.0940. The maximum absolute atomic E-state index is 12.0. The van der Waals surface area contributed by atoms with Crippen molar-refractivity contribution >= 4 is 29.2 Å². The number of benzene rings is 1. The molecule has 7 nitrogen and oxygen atoms in total. The molecule has 1 aromatic rings. The van der Waals surface area contributed by atoms with Crippen LogP contribution in [0.4, 0.5) is 11.4 Å². The van der Waals surface area contributed by atoms with Gasteiger partial charge in [0, 0.05) is 24.7 Å². The second-order valence-corrected chi connectivity index (χ2v) is 4.97. The summed E-state index contributed by atoms with van der Waals surface area (Å²) in [6.07, 6.45) is -0.892. The second-order valence-electron chi connectivity index (χ2n) is 4.97. The molecule has 0 saturated heterocycles. The first-order valence-corrected chi connectivity index (χ1v) is 7.06. The first-order chi connectivity index (χ1) is 10.4. The average Bonchev–Trinajstić information content (AvgIpc) is 2.47. The number of carboxylic acids is 1. The van der Waals surface area contributed by atoms with Crippen LogP contribution in [0.25, 0.3) is 0 Å². The zero-order valence-corrected chi connectivity index (χ0v) is 12.5. The molecule has 0 aliphatic carbocycles. The van der Waals surface area contributed by atoms with Crippen LogP contribution in [0.5, 0.6) is 5.75 Å². The summed E-state index contributed by atoms with van der Waals surface area (Å²) in [5.41, 5.74) is 1.17. The molecule has 1 atom stereocenters. The number of nitrogens with zero attached hydrogens (tertiary/aromatic N) is 1. The molecular weight excluding hydrogens is 288 g/mol. The Labute approximate surface area is 127 Å². The summed E-state index contributed by atoms with van der Waals surface area (Å²) in [5.74, 6) is -0.984. The molecule has 0 bridgehead atoms. The van der Waals surface area contributed by atoms with E-state index in [2.05, 4.69) is 5.32 Å². The number of amides is 2. The summed E-state index contributed by atoms with van der Waals surface area (Å²) < 4.78 is 5.56. The van der Waals surface area contributed by atoms with Gasteiger partial charge >= 0.3 is 5.97 Å². The smallest absolute Gasteiger partial charge is 0.303 e. The minimum Gasteiger partial charge on any atom is -0.481 e. The number of carbonyl (C=O) groups excluding carboxylic acids is 2. The van der Waals surface area contributed by atoms with Crippen LogP contribution in [0.2, 0.25) is 0 Å². The van der Waals surface area contributed by atoms with E-state index in [-0.39, 0.29) is 24.7 Å². The Morgan fingerprint density at radius 2 is 2.09 bits per heavy atom. The van der Waals surface area contributed by atoms with Crippen LogP contribution in [-0.2, 0) is 14.4 Å². The third-order valence-electron chi connectivity index (χ3n) is 3.33. The summed E-state index contributed by atoms with van der Waals surface area (Å²) in [4.78, 5) is 35.7. The van der Waals surface area contributed by atoms with Crippen LogP contribution >= 0.6 is 0 Å². The van der Waals surface area contributed by atoms with E-state index >= 15 is 0 Å². The van der Waals surface area contributed by atoms with Gasteiger partial charge in [0.05, 0.1) is 12.1 Å². The fourth-order valence-corrected chi connectivity index (χ4v) is 2.26. The Bertz CT molecular complexity index is 614. The second kappa shape index (κ2) is 6.46. The SMILES string of the molecule is CCN1C(=O)C(C)Oc2cc(NC(=O)CCC(=O)O)ccc21. The van der Waals surface area contributed by atoms with Gasteiger partial charge in [-0.05, 0) is 26.0 Å². The van der Waals surface area contributed by atoms with Crippen LogP contribution in [0, 0.1) is 0 Å². The van der Waals surface area contributed by atoms with Crippen LogP contribution in [0.1, 0.15) is 26.7 Å². The van der Waals surface area contributed by atoms with E-state index in [0.717, 1.165) is 0 Å². The van der Waals surface area contributed by atoms with E-state index < -0.39 is 12.1 Å². The van der Waals surface area contributed by atoms with Gasteiger partial charge in [0.2, 0.25) is 5.91 Å². The van der Waals surface area contributed by atoms with Gasteiger partial charge in [0.25, 0.3) is 5.91 Å². The summed E-state index contributed by atoms with van der Waals surface area (Å²) in [6, 6.07) is 5.00. The molecule has 0 spiro atoms. The number of carboxylic acid groups (broad SMARTS) is 1. The van der Waals surface area contributed by atoms with Crippen LogP contribution in [0.15, 0.2) is 18.2 Å². The van der Waals surface area contributed by atoms with Crippen molar-refractivity contribution in [1.82, 2.24) is 0 Å². The quantitative estimate of drug-likeness (QED) is 0.862. The van der Waals surface area contributed by atoms with Gasteiger partial charge in [-0.15, -0.1) is 0 Å². The number of fused-ring (bicyclic) bond motifs is 1. The van der Waals surface area contributed by atoms with Crippen molar-refractivity contribution in [3.05, 3.63) is 18.2 Å². The van der Waals surface area contributed by atoms with E-state index in [0.29, 0.717) is 23.7 Å². The molecule has 22 heavy (non-hydrogen) atoms. The van der Waals surface area contributed by atoms with Crippen LogP contribution in [0.3, 0.4) is 0 Å². The van der Waals surface area contributed by atoms with Gasteiger partial charge in [0.15, 0.2) is 6.10 Å². The Morgan fingerprint density at radius 1 is 1.36 bits per heavy atom. The predicted molar refractivity (Wildman–Crippen MR) is 80.1 cm³/mol. The summed E-state index contributed by atoms with van der Waals surface area (Å²) in [5, 5.41) is 11.2. The molecule has 0 fully saturated rings. The van der Waals surface area contributed by atoms with Crippen molar-refractivity contribution in [2.75, 3.05) is 16.8 Å². The third-order valence-corrected chi connectivity index (χ3v) is 3.33. The van der Waals surface area contributed by atoms with E-state index in [4.69, 9.17) is 9.84 Å². The highest BCUT2D eigenvalue weighted by Crippen LogP contribution is 2.36. The lowest BCUT2D eigenvalue weighted by atomic mass is 10.1. The van der Waals surface area contributed by atoms with Crippen molar-refractivity contribution in [3.8, 4) is 5.75 Å². The fourth-order valence-electron chi connectivity index (χ4n) is 2.26. The molecular formula is C15H18N2O5. The lowest BCUT2D eigenvalue weighted by Crippen LogP contribution is -2.44. The van der Waals surface area contributed by atoms with Gasteiger partial charge in [-0.2, -0.15) is 0 Å². The molecule has 0 aromatic heterocycles. The monoisotopic (exact) mass is 306 g/mol. The van der Waals surface area contributed by atoms with Crippen LogP contribution in [-0.4, -0.2) is 35.5 Å². The molecule has 1 aliphatic heterocycles. The van der Waals surface area contributed by atoms with Crippen molar-refractivity contribution in [3.63, 3.8) is 0 Å². The number of rotatable bonds is 5. The fraction of sp³-hybridized carbons (Fsp3) is 0.400. The van der Waals surface area contributed by atoms with Crippen LogP contribution < -0.4 is 15.0 Å². The molecule has 1 aliphatic rings. The Kier molecular flexibility index (Phi) is 4.65. The molecule has 2 N–H and O–H groups in total. The Morgan fingerprint density at radius 3 is 2.73 bits per heavy atom. The molecule has 2 amide bonds. The lowest BCUT2D eigenvalue weighted by Gasteiger charge is -2.32. The molecule has 0 radical (unpaired) electrons. The number of hydrogen-bond donors (Lipinski definition) is 2. The zero-order valence-electron chi connectivity index (χ0n) is 12.5. The van der Waals surface area contributed by atoms with E-state index in [9.17, 15) is 14.4 Å². The van der Waals surface area contributed by atoms with E-state index in [1.165, 1.54) is 0 Å². The van der Waals surface area contributed by atoms with Gasteiger partial charge in [-0.1, -0.05) is 0 Å².